The number of nitrogens with zero attached hydrogens (tertiary/aromatic N) is 6. The summed E-state index contributed by atoms with van der Waals surface area (Å²) >= 11 is 6.75. The van der Waals surface area contributed by atoms with Crippen molar-refractivity contribution < 1.29 is 33.9 Å². The van der Waals surface area contributed by atoms with Crippen LogP contribution in [-0.2, 0) is 4.79 Å². The number of aryl methyl sites for hydroxylation is 1. The summed E-state index contributed by atoms with van der Waals surface area (Å²) in [7, 11) is 1.32. The van der Waals surface area contributed by atoms with Crippen LogP contribution in [0.15, 0.2) is 41.3 Å². The van der Waals surface area contributed by atoms with Crippen molar-refractivity contribution in [2.75, 3.05) is 25.1 Å². The molecule has 0 spiro atoms. The van der Waals surface area contributed by atoms with Crippen molar-refractivity contribution in [1.29, 1.82) is 0 Å². The molecule has 5 rings (SSSR count). The molecule has 0 bridgehead atoms. The third-order valence-corrected chi connectivity index (χ3v) is 8.44. The molecule has 1 amide bonds. The van der Waals surface area contributed by atoms with Crippen LogP contribution in [-0.4, -0.2) is 78.9 Å². The van der Waals surface area contributed by atoms with Gasteiger partial charge in [-0.2, -0.15) is 0 Å². The number of ether oxygens (including phenoxy) is 1. The third kappa shape index (κ3) is 5.56. The van der Waals surface area contributed by atoms with Gasteiger partial charge in [-0.25, -0.2) is 19.0 Å². The number of aromatic nitrogens is 3. The molecule has 2 atom stereocenters. The maximum Gasteiger partial charge on any atom is 0.407 e. The number of pyridine rings is 3. The normalized spacial score (nSPS) is 16.5. The highest BCUT2D eigenvalue weighted by atomic mass is 35.5. The number of piperazine rings is 1. The van der Waals surface area contributed by atoms with Crippen molar-refractivity contribution in [1.82, 2.24) is 19.4 Å². The zero-order valence-electron chi connectivity index (χ0n) is 25.9. The van der Waals surface area contributed by atoms with E-state index in [4.69, 9.17) is 16.3 Å². The quantitative estimate of drug-likeness (QED) is 0.194. The predicted octanol–water partition coefficient (Wildman–Crippen LogP) is 5.23. The van der Waals surface area contributed by atoms with Gasteiger partial charge in [0.1, 0.15) is 23.3 Å². The van der Waals surface area contributed by atoms with Gasteiger partial charge in [0, 0.05) is 18.8 Å². The Hall–Kier alpha value is -5.31. The molecule has 1 aromatic carbocycles. The number of halogens is 2. The predicted molar refractivity (Wildman–Crippen MR) is 171 cm³/mol. The summed E-state index contributed by atoms with van der Waals surface area (Å²) in [4.78, 5) is 62.0. The maximum atomic E-state index is 15.4. The highest BCUT2D eigenvalue weighted by Crippen LogP contribution is 2.43. The molecule has 16 heteroatoms. The van der Waals surface area contributed by atoms with Crippen LogP contribution < -0.4 is 15.2 Å². The molecule has 0 aliphatic carbocycles. The number of amides is 1. The van der Waals surface area contributed by atoms with E-state index in [1.54, 1.807) is 13.0 Å². The maximum absolute atomic E-state index is 15.4. The summed E-state index contributed by atoms with van der Waals surface area (Å²) in [5.41, 5.74) is -1.91. The van der Waals surface area contributed by atoms with Crippen molar-refractivity contribution in [2.24, 2.45) is 0 Å². The molecular weight excluding hydrogens is 639 g/mol. The average Bonchev–Trinajstić information content (AvgIpc) is 3.00. The number of carbonyl (C=O) groups is 2. The number of methoxy groups -OCH3 is 1. The molecule has 0 unspecified atom stereocenters. The Kier molecular flexibility index (Phi) is 8.77. The van der Waals surface area contributed by atoms with Gasteiger partial charge in [-0.05, 0) is 49.6 Å². The molecule has 4 heterocycles. The van der Waals surface area contributed by atoms with Crippen molar-refractivity contribution in [2.45, 2.75) is 45.7 Å². The lowest BCUT2D eigenvalue weighted by atomic mass is 10.0. The minimum Gasteiger partial charge on any atom is -0.496 e. The van der Waals surface area contributed by atoms with Crippen LogP contribution in [0, 0.1) is 22.9 Å². The van der Waals surface area contributed by atoms with Crippen molar-refractivity contribution >= 4 is 46.1 Å². The zero-order valence-corrected chi connectivity index (χ0v) is 26.6. The molecular formula is C31H30ClFN6O8. The minimum absolute atomic E-state index is 0.0692. The molecule has 246 valence electrons. The monoisotopic (exact) mass is 668 g/mol. The molecule has 0 radical (unpaired) electrons. The molecule has 47 heavy (non-hydrogen) atoms. The summed E-state index contributed by atoms with van der Waals surface area (Å²) in [6, 6.07) is 4.48. The van der Waals surface area contributed by atoms with Gasteiger partial charge in [-0.3, -0.25) is 24.5 Å². The zero-order chi connectivity index (χ0) is 34.5. The minimum atomic E-state index is -1.63. The number of aliphatic carboxylic acids is 1. The molecule has 1 fully saturated rings. The second-order valence-electron chi connectivity index (χ2n) is 11.4. The van der Waals surface area contributed by atoms with Crippen molar-refractivity contribution in [3.8, 4) is 22.7 Å². The number of benzene rings is 1. The fraction of sp³-hybridized carbons (Fsp3) is 0.323. The van der Waals surface area contributed by atoms with Crippen LogP contribution in [0.25, 0.3) is 28.0 Å². The number of nitro groups is 1. The van der Waals surface area contributed by atoms with E-state index in [0.29, 0.717) is 11.3 Å². The molecule has 14 nitrogen and oxygen atoms in total. The Morgan fingerprint density at radius 3 is 2.49 bits per heavy atom. The summed E-state index contributed by atoms with van der Waals surface area (Å²) in [5.74, 6) is -2.43. The van der Waals surface area contributed by atoms with Crippen LogP contribution in [0.5, 0.6) is 5.75 Å². The lowest BCUT2D eigenvalue weighted by Crippen LogP contribution is -2.61. The van der Waals surface area contributed by atoms with Crippen LogP contribution in [0.2, 0.25) is 5.02 Å². The number of hydrogen-bond acceptors (Lipinski definition) is 9. The molecule has 0 saturated carbocycles. The summed E-state index contributed by atoms with van der Waals surface area (Å²) in [6.45, 7) is 5.95. The van der Waals surface area contributed by atoms with E-state index >= 15 is 4.39 Å². The first-order valence-corrected chi connectivity index (χ1v) is 14.8. The number of hydrogen-bond donors (Lipinski definition) is 2. The Morgan fingerprint density at radius 2 is 1.89 bits per heavy atom. The van der Waals surface area contributed by atoms with E-state index in [-0.39, 0.29) is 51.2 Å². The van der Waals surface area contributed by atoms with Crippen LogP contribution in [0.3, 0.4) is 0 Å². The first kappa shape index (κ1) is 33.1. The smallest absolute Gasteiger partial charge is 0.407 e. The first-order valence-electron chi connectivity index (χ1n) is 14.4. The summed E-state index contributed by atoms with van der Waals surface area (Å²) in [5, 5.41) is 32.5. The average molecular weight is 669 g/mol. The molecule has 3 aromatic heterocycles. The van der Waals surface area contributed by atoms with Crippen molar-refractivity contribution in [3.63, 3.8) is 0 Å². The number of anilines is 1. The van der Waals surface area contributed by atoms with Gasteiger partial charge in [0.25, 0.3) is 0 Å². The third-order valence-electron chi connectivity index (χ3n) is 8.15. The van der Waals surface area contributed by atoms with Gasteiger partial charge in [-0.15, -0.1) is 0 Å². The summed E-state index contributed by atoms with van der Waals surface area (Å²) < 4.78 is 21.8. The Morgan fingerprint density at radius 1 is 1.19 bits per heavy atom. The van der Waals surface area contributed by atoms with Gasteiger partial charge in [0.05, 0.1) is 51.6 Å². The summed E-state index contributed by atoms with van der Waals surface area (Å²) in [6.07, 6.45) is 0.157. The number of rotatable bonds is 7. The number of carboxylic acid groups (broad SMARTS) is 2. The Bertz CT molecular complexity index is 2020. The van der Waals surface area contributed by atoms with Gasteiger partial charge >= 0.3 is 23.3 Å². The van der Waals surface area contributed by atoms with Crippen molar-refractivity contribution in [3.05, 3.63) is 79.1 Å². The van der Waals surface area contributed by atoms with E-state index in [1.807, 2.05) is 13.8 Å². The molecule has 1 aliphatic rings. The van der Waals surface area contributed by atoms with Crippen LogP contribution in [0.4, 0.5) is 20.6 Å². The fourth-order valence-corrected chi connectivity index (χ4v) is 6.23. The second kappa shape index (κ2) is 12.5. The lowest BCUT2D eigenvalue weighted by molar-refractivity contribution is -0.385. The first-order chi connectivity index (χ1) is 22.2. The van der Waals surface area contributed by atoms with Crippen LogP contribution >= 0.6 is 11.6 Å². The van der Waals surface area contributed by atoms with E-state index in [2.05, 4.69) is 9.97 Å². The second-order valence-corrected chi connectivity index (χ2v) is 11.8. The van der Waals surface area contributed by atoms with Gasteiger partial charge in [-0.1, -0.05) is 31.5 Å². The fourth-order valence-electron chi connectivity index (χ4n) is 5.98. The van der Waals surface area contributed by atoms with E-state index < -0.39 is 58.4 Å². The highest BCUT2D eigenvalue weighted by Gasteiger charge is 2.43. The molecule has 1 saturated heterocycles. The van der Waals surface area contributed by atoms with Gasteiger partial charge in [0.15, 0.2) is 5.65 Å². The van der Waals surface area contributed by atoms with E-state index in [9.17, 15) is 34.7 Å². The molecule has 1 aliphatic heterocycles. The lowest BCUT2D eigenvalue weighted by Gasteiger charge is -2.43. The molecule has 2 N–H and O–H groups in total. The number of fused-ring (bicyclic) bond motifs is 1. The molecule has 4 aromatic rings. The number of carboxylic acids is 1. The Labute approximate surface area is 271 Å². The van der Waals surface area contributed by atoms with E-state index in [1.165, 1.54) is 38.4 Å². The SMILES string of the molecule is COc1cccc(F)c1-c1nc2c(cc1Cl)c(N1C[C@@H](C)N(C(=O)O)C[C@@H]1C(=O)O)c([N+](=O)[O-])c(=O)n2-c1c(C)ccnc1C(C)C. The largest absolute Gasteiger partial charge is 0.496 e. The highest BCUT2D eigenvalue weighted by molar-refractivity contribution is 6.34. The topological polar surface area (TPSA) is 181 Å². The standard InChI is InChI=1S/C31H30ClFN6O8/c1-14(2)23-25(15(3)9-10-34-23)38-28-17(11-18(32)24(35-28)22-19(33)7-6-8-21(22)47-5)26(27(29(38)40)39(45)46)37-12-16(4)36(31(43)44)13-20(37)30(41)42/h6-11,14,16,20H,12-13H2,1-5H3,(H,41,42)(H,43,44)/t16-,20-/m1/s1. The van der Waals surface area contributed by atoms with Gasteiger partial charge in [0.2, 0.25) is 0 Å². The Balaban J connectivity index is 2.01. The van der Waals surface area contributed by atoms with Gasteiger partial charge < -0.3 is 24.7 Å². The van der Waals surface area contributed by atoms with E-state index in [0.717, 1.165) is 20.4 Å². The van der Waals surface area contributed by atoms with Crippen LogP contribution in [0.1, 0.15) is 37.9 Å².